The number of nitriles is 1. The minimum absolute atomic E-state index is 0.0645. The molecule has 1 atom stereocenters. The Bertz CT molecular complexity index is 582. The number of aliphatic hydroxyl groups excluding tert-OH is 1. The fourth-order valence-corrected chi connectivity index (χ4v) is 2.29. The molecule has 7 heteroatoms. The first-order chi connectivity index (χ1) is 10.5. The molecule has 2 rings (SSSR count). The summed E-state index contributed by atoms with van der Waals surface area (Å²) >= 11 is 0. The molecule has 1 aliphatic carbocycles. The summed E-state index contributed by atoms with van der Waals surface area (Å²) in [7, 11) is 0. The predicted molar refractivity (Wildman–Crippen MR) is 72.9 cm³/mol. The van der Waals surface area contributed by atoms with Gasteiger partial charge in [-0.2, -0.15) is 14.0 Å². The smallest absolute Gasteiger partial charge is 0.387 e. The topological polar surface area (TPSA) is 82.4 Å². The molecule has 1 aromatic carbocycles. The van der Waals surface area contributed by atoms with Crippen molar-refractivity contribution in [1.29, 1.82) is 5.26 Å². The molecule has 118 valence electrons. The van der Waals surface area contributed by atoms with E-state index >= 15 is 0 Å². The number of carbonyl (C=O) groups excluding carboxylic acids is 1. The van der Waals surface area contributed by atoms with Crippen LogP contribution in [0.25, 0.3) is 0 Å². The number of alkyl halides is 2. The number of hydrogen-bond acceptors (Lipinski definition) is 4. The molecule has 0 heterocycles. The number of aliphatic hydroxyl groups is 1. The third kappa shape index (κ3) is 3.52. The van der Waals surface area contributed by atoms with Crippen LogP contribution in [0.5, 0.6) is 5.75 Å². The molecular formula is C15H16F2N2O3. The zero-order valence-corrected chi connectivity index (χ0v) is 11.8. The maximum absolute atomic E-state index is 12.2. The van der Waals surface area contributed by atoms with E-state index in [2.05, 4.69) is 10.1 Å². The number of halogens is 2. The standard InChI is InChI=1S/C15H16F2N2O3/c16-14(17)22-11-4-1-3-10(7-11)12(20)8-19-13(21)15(9-18)5-2-6-15/h1,3-4,7,12,14,20H,2,5-6,8H2,(H,19,21). The first-order valence-corrected chi connectivity index (χ1v) is 6.89. The lowest BCUT2D eigenvalue weighted by Gasteiger charge is -2.33. The van der Waals surface area contributed by atoms with E-state index in [1.54, 1.807) is 6.07 Å². The second-order valence-electron chi connectivity index (χ2n) is 5.22. The molecule has 1 saturated carbocycles. The predicted octanol–water partition coefficient (Wildman–Crippen LogP) is 2.13. The summed E-state index contributed by atoms with van der Waals surface area (Å²) in [5.41, 5.74) is -0.640. The molecule has 5 nitrogen and oxygen atoms in total. The van der Waals surface area contributed by atoms with Crippen molar-refractivity contribution in [3.05, 3.63) is 29.8 Å². The molecule has 0 aromatic heterocycles. The Hall–Kier alpha value is -2.20. The Morgan fingerprint density at radius 3 is 2.77 bits per heavy atom. The SMILES string of the molecule is N#CC1(C(=O)NCC(O)c2cccc(OC(F)F)c2)CCC1. The van der Waals surface area contributed by atoms with Crippen LogP contribution >= 0.6 is 0 Å². The normalized spacial score (nSPS) is 17.2. The Balaban J connectivity index is 1.93. The van der Waals surface area contributed by atoms with Crippen molar-refractivity contribution in [3.8, 4) is 11.8 Å². The van der Waals surface area contributed by atoms with Crippen molar-refractivity contribution in [2.75, 3.05) is 6.54 Å². The van der Waals surface area contributed by atoms with E-state index in [0.717, 1.165) is 6.42 Å². The molecule has 22 heavy (non-hydrogen) atoms. The zero-order chi connectivity index (χ0) is 16.2. The molecule has 1 amide bonds. The van der Waals surface area contributed by atoms with E-state index in [4.69, 9.17) is 5.26 Å². The van der Waals surface area contributed by atoms with Gasteiger partial charge in [0, 0.05) is 6.54 Å². The fraction of sp³-hybridized carbons (Fsp3) is 0.467. The highest BCUT2D eigenvalue weighted by Gasteiger charge is 2.44. The van der Waals surface area contributed by atoms with Crippen molar-refractivity contribution < 1.29 is 23.4 Å². The molecule has 2 N–H and O–H groups in total. The van der Waals surface area contributed by atoms with Crippen LogP contribution in [-0.2, 0) is 4.79 Å². The Morgan fingerprint density at radius 1 is 1.50 bits per heavy atom. The van der Waals surface area contributed by atoms with Gasteiger partial charge in [-0.3, -0.25) is 4.79 Å². The van der Waals surface area contributed by atoms with Gasteiger partial charge in [-0.25, -0.2) is 0 Å². The van der Waals surface area contributed by atoms with Gasteiger partial charge in [0.25, 0.3) is 0 Å². The molecule has 1 aromatic rings. The fourth-order valence-electron chi connectivity index (χ4n) is 2.29. The number of hydrogen-bond donors (Lipinski definition) is 2. The highest BCUT2D eigenvalue weighted by molar-refractivity contribution is 5.86. The van der Waals surface area contributed by atoms with Crippen molar-refractivity contribution in [2.24, 2.45) is 5.41 Å². The Labute approximate surface area is 126 Å². The van der Waals surface area contributed by atoms with Crippen LogP contribution in [0.4, 0.5) is 8.78 Å². The van der Waals surface area contributed by atoms with Gasteiger partial charge < -0.3 is 15.2 Å². The summed E-state index contributed by atoms with van der Waals surface area (Å²) in [6.45, 7) is -3.04. The van der Waals surface area contributed by atoms with E-state index in [-0.39, 0.29) is 12.3 Å². The monoisotopic (exact) mass is 310 g/mol. The molecule has 0 spiro atoms. The lowest BCUT2D eigenvalue weighted by atomic mass is 9.69. The van der Waals surface area contributed by atoms with Gasteiger partial charge in [0.15, 0.2) is 0 Å². The van der Waals surface area contributed by atoms with E-state index in [9.17, 15) is 18.7 Å². The molecule has 0 radical (unpaired) electrons. The van der Waals surface area contributed by atoms with Gasteiger partial charge in [-0.15, -0.1) is 0 Å². The summed E-state index contributed by atoms with van der Waals surface area (Å²) in [5, 5.41) is 21.6. The van der Waals surface area contributed by atoms with Crippen LogP contribution in [0.2, 0.25) is 0 Å². The number of nitrogens with one attached hydrogen (secondary N) is 1. The number of nitrogens with zero attached hydrogens (tertiary/aromatic N) is 1. The minimum Gasteiger partial charge on any atom is -0.435 e. The molecule has 1 unspecified atom stereocenters. The summed E-state index contributed by atoms with van der Waals surface area (Å²) < 4.78 is 28.6. The molecule has 0 saturated heterocycles. The van der Waals surface area contributed by atoms with E-state index < -0.39 is 24.0 Å². The van der Waals surface area contributed by atoms with Crippen molar-refractivity contribution in [1.82, 2.24) is 5.32 Å². The first-order valence-electron chi connectivity index (χ1n) is 6.89. The number of carbonyl (C=O) groups is 1. The molecular weight excluding hydrogens is 294 g/mol. The summed E-state index contributed by atoms with van der Waals surface area (Å²) in [6, 6.07) is 7.66. The summed E-state index contributed by atoms with van der Waals surface area (Å²) in [6.07, 6.45) is 0.795. The van der Waals surface area contributed by atoms with E-state index in [1.807, 2.05) is 6.07 Å². The second-order valence-corrected chi connectivity index (χ2v) is 5.22. The van der Waals surface area contributed by atoms with Gasteiger partial charge in [-0.05, 0) is 37.0 Å². The average molecular weight is 310 g/mol. The summed E-state index contributed by atoms with van der Waals surface area (Å²) in [5.74, 6) is -0.467. The van der Waals surface area contributed by atoms with Gasteiger partial charge in [0.2, 0.25) is 5.91 Å². The number of ether oxygens (including phenoxy) is 1. The third-order valence-corrected chi connectivity index (χ3v) is 3.78. The highest BCUT2D eigenvalue weighted by Crippen LogP contribution is 2.40. The van der Waals surface area contributed by atoms with Gasteiger partial charge in [0.05, 0.1) is 12.2 Å². The maximum Gasteiger partial charge on any atom is 0.387 e. The van der Waals surface area contributed by atoms with Crippen molar-refractivity contribution in [3.63, 3.8) is 0 Å². The minimum atomic E-state index is -2.94. The van der Waals surface area contributed by atoms with Crippen molar-refractivity contribution in [2.45, 2.75) is 32.0 Å². The van der Waals surface area contributed by atoms with Crippen LogP contribution in [0.3, 0.4) is 0 Å². The molecule has 0 bridgehead atoms. The summed E-state index contributed by atoms with van der Waals surface area (Å²) in [4.78, 5) is 12.0. The zero-order valence-electron chi connectivity index (χ0n) is 11.8. The lowest BCUT2D eigenvalue weighted by molar-refractivity contribution is -0.132. The van der Waals surface area contributed by atoms with E-state index in [1.165, 1.54) is 18.2 Å². The molecule has 0 aliphatic heterocycles. The highest BCUT2D eigenvalue weighted by atomic mass is 19.3. The molecule has 1 fully saturated rings. The van der Waals surface area contributed by atoms with Crippen LogP contribution in [-0.4, -0.2) is 24.2 Å². The number of benzene rings is 1. The Kier molecular flexibility index (Phi) is 4.93. The van der Waals surface area contributed by atoms with E-state index in [0.29, 0.717) is 18.4 Å². The first kappa shape index (κ1) is 16.2. The number of amides is 1. The molecule has 1 aliphatic rings. The van der Waals surface area contributed by atoms with Crippen LogP contribution in [0.15, 0.2) is 24.3 Å². The number of rotatable bonds is 6. The largest absolute Gasteiger partial charge is 0.435 e. The van der Waals surface area contributed by atoms with Crippen molar-refractivity contribution >= 4 is 5.91 Å². The quantitative estimate of drug-likeness (QED) is 0.843. The average Bonchev–Trinajstić information content (AvgIpc) is 2.43. The van der Waals surface area contributed by atoms with Crippen LogP contribution in [0.1, 0.15) is 30.9 Å². The van der Waals surface area contributed by atoms with Gasteiger partial charge >= 0.3 is 6.61 Å². The maximum atomic E-state index is 12.2. The van der Waals surface area contributed by atoms with Gasteiger partial charge in [0.1, 0.15) is 11.2 Å². The lowest BCUT2D eigenvalue weighted by Crippen LogP contribution is -2.45. The van der Waals surface area contributed by atoms with Crippen LogP contribution < -0.4 is 10.1 Å². The Morgan fingerprint density at radius 2 is 2.23 bits per heavy atom. The second kappa shape index (κ2) is 6.71. The van der Waals surface area contributed by atoms with Crippen LogP contribution in [0, 0.1) is 16.7 Å². The van der Waals surface area contributed by atoms with Gasteiger partial charge in [-0.1, -0.05) is 12.1 Å². The third-order valence-electron chi connectivity index (χ3n) is 3.78.